The van der Waals surface area contributed by atoms with Crippen molar-refractivity contribution in [1.82, 2.24) is 9.80 Å². The predicted molar refractivity (Wildman–Crippen MR) is 91.5 cm³/mol. The zero-order valence-corrected chi connectivity index (χ0v) is 14.0. The van der Waals surface area contributed by atoms with E-state index in [1.165, 1.54) is 37.2 Å². The summed E-state index contributed by atoms with van der Waals surface area (Å²) in [5, 5.41) is 0. The summed E-state index contributed by atoms with van der Waals surface area (Å²) >= 11 is 0. The summed E-state index contributed by atoms with van der Waals surface area (Å²) in [7, 11) is 4.25. The maximum Gasteiger partial charge on any atom is 0.0702 e. The first-order valence-electron chi connectivity index (χ1n) is 8.54. The van der Waals surface area contributed by atoms with Crippen molar-refractivity contribution >= 4 is 5.69 Å². The second-order valence-electron chi connectivity index (χ2n) is 6.73. The van der Waals surface area contributed by atoms with E-state index in [1.54, 1.807) is 0 Å². The Morgan fingerprint density at radius 2 is 1.82 bits per heavy atom. The van der Waals surface area contributed by atoms with Crippen LogP contribution in [0.1, 0.15) is 18.4 Å². The molecule has 2 heterocycles. The van der Waals surface area contributed by atoms with E-state index in [2.05, 4.69) is 53.1 Å². The lowest BCUT2D eigenvalue weighted by Crippen LogP contribution is -2.48. The summed E-state index contributed by atoms with van der Waals surface area (Å²) in [6.07, 6.45) is 2.98. The Kier molecular flexibility index (Phi) is 5.34. The molecule has 2 saturated heterocycles. The fourth-order valence-electron chi connectivity index (χ4n) is 3.53. The van der Waals surface area contributed by atoms with E-state index in [0.717, 1.165) is 32.8 Å². The highest BCUT2D eigenvalue weighted by Crippen LogP contribution is 2.21. The number of benzene rings is 1. The van der Waals surface area contributed by atoms with E-state index in [9.17, 15) is 0 Å². The van der Waals surface area contributed by atoms with Gasteiger partial charge in [0.15, 0.2) is 0 Å². The van der Waals surface area contributed by atoms with Gasteiger partial charge >= 0.3 is 0 Å². The van der Waals surface area contributed by atoms with Crippen molar-refractivity contribution in [2.75, 3.05) is 58.3 Å². The average molecular weight is 303 g/mol. The average Bonchev–Trinajstić information content (AvgIpc) is 3.02. The highest BCUT2D eigenvalue weighted by atomic mass is 16.5. The standard InChI is InChI=1S/C18H29N3O/c1-19(2)18-8-4-3-6-16(18)14-20-9-11-21(12-10-20)15-17-7-5-13-22-17/h3-4,6,8,17H,5,7,9-15H2,1-2H3/t17-/m0/s1. The molecule has 1 aromatic rings. The zero-order valence-electron chi connectivity index (χ0n) is 14.0. The van der Waals surface area contributed by atoms with Gasteiger partial charge < -0.3 is 9.64 Å². The van der Waals surface area contributed by atoms with Gasteiger partial charge in [-0.25, -0.2) is 0 Å². The third kappa shape index (κ3) is 4.00. The van der Waals surface area contributed by atoms with Gasteiger partial charge in [0, 0.05) is 65.7 Å². The maximum absolute atomic E-state index is 5.76. The van der Waals surface area contributed by atoms with E-state index in [-0.39, 0.29) is 0 Å². The highest BCUT2D eigenvalue weighted by Gasteiger charge is 2.23. The minimum atomic E-state index is 0.487. The van der Waals surface area contributed by atoms with Crippen LogP contribution in [0.4, 0.5) is 5.69 Å². The number of hydrogen-bond donors (Lipinski definition) is 0. The van der Waals surface area contributed by atoms with E-state index in [1.807, 2.05) is 0 Å². The SMILES string of the molecule is CN(C)c1ccccc1CN1CCN(C[C@@H]2CCCO2)CC1. The number of rotatable bonds is 5. The van der Waals surface area contributed by atoms with Gasteiger partial charge in [0.25, 0.3) is 0 Å². The number of ether oxygens (including phenoxy) is 1. The molecule has 0 radical (unpaired) electrons. The summed E-state index contributed by atoms with van der Waals surface area (Å²) in [5.74, 6) is 0. The lowest BCUT2D eigenvalue weighted by Gasteiger charge is -2.36. The fourth-order valence-corrected chi connectivity index (χ4v) is 3.53. The molecule has 0 unspecified atom stereocenters. The molecule has 2 aliphatic rings. The molecular formula is C18H29N3O. The second-order valence-corrected chi connectivity index (χ2v) is 6.73. The smallest absolute Gasteiger partial charge is 0.0702 e. The lowest BCUT2D eigenvalue weighted by molar-refractivity contribution is 0.0490. The summed E-state index contributed by atoms with van der Waals surface area (Å²) in [6, 6.07) is 8.74. The Balaban J connectivity index is 1.49. The predicted octanol–water partition coefficient (Wildman–Crippen LogP) is 2.05. The molecule has 1 atom stereocenters. The maximum atomic E-state index is 5.76. The van der Waals surface area contributed by atoms with Gasteiger partial charge in [-0.1, -0.05) is 18.2 Å². The van der Waals surface area contributed by atoms with Crippen LogP contribution in [0.3, 0.4) is 0 Å². The molecule has 0 saturated carbocycles. The van der Waals surface area contributed by atoms with Crippen LogP contribution in [-0.2, 0) is 11.3 Å². The van der Waals surface area contributed by atoms with Crippen LogP contribution in [0.2, 0.25) is 0 Å². The van der Waals surface area contributed by atoms with E-state index < -0.39 is 0 Å². The second kappa shape index (κ2) is 7.44. The third-order valence-corrected chi connectivity index (χ3v) is 4.82. The van der Waals surface area contributed by atoms with Crippen molar-refractivity contribution in [2.45, 2.75) is 25.5 Å². The van der Waals surface area contributed by atoms with Crippen molar-refractivity contribution in [3.8, 4) is 0 Å². The number of hydrogen-bond acceptors (Lipinski definition) is 4. The molecule has 0 amide bonds. The number of nitrogens with zero attached hydrogens (tertiary/aromatic N) is 3. The monoisotopic (exact) mass is 303 g/mol. The molecule has 0 aliphatic carbocycles. The molecule has 4 nitrogen and oxygen atoms in total. The quantitative estimate of drug-likeness (QED) is 0.828. The molecule has 1 aromatic carbocycles. The summed E-state index contributed by atoms with van der Waals surface area (Å²) in [5.41, 5.74) is 2.77. The van der Waals surface area contributed by atoms with Crippen LogP contribution in [0.5, 0.6) is 0 Å². The molecule has 0 bridgehead atoms. The first kappa shape index (κ1) is 15.8. The Morgan fingerprint density at radius 3 is 2.50 bits per heavy atom. The Labute approximate surface area is 134 Å². The number of piperazine rings is 1. The summed E-state index contributed by atoms with van der Waals surface area (Å²) < 4.78 is 5.76. The van der Waals surface area contributed by atoms with Gasteiger partial charge in [-0.15, -0.1) is 0 Å². The van der Waals surface area contributed by atoms with Crippen LogP contribution >= 0.6 is 0 Å². The van der Waals surface area contributed by atoms with Crippen LogP contribution in [-0.4, -0.2) is 69.3 Å². The van der Waals surface area contributed by atoms with Gasteiger partial charge in [0.1, 0.15) is 0 Å². The molecule has 22 heavy (non-hydrogen) atoms. The summed E-state index contributed by atoms with van der Waals surface area (Å²) in [6.45, 7) is 7.81. The first-order valence-corrected chi connectivity index (χ1v) is 8.54. The molecule has 3 rings (SSSR count). The molecular weight excluding hydrogens is 274 g/mol. The molecule has 0 aromatic heterocycles. The third-order valence-electron chi connectivity index (χ3n) is 4.82. The fraction of sp³-hybridized carbons (Fsp3) is 0.667. The van der Waals surface area contributed by atoms with Crippen molar-refractivity contribution in [3.05, 3.63) is 29.8 Å². The largest absolute Gasteiger partial charge is 0.377 e. The molecule has 2 fully saturated rings. The van der Waals surface area contributed by atoms with Crippen molar-refractivity contribution in [2.24, 2.45) is 0 Å². The van der Waals surface area contributed by atoms with Crippen LogP contribution in [0.25, 0.3) is 0 Å². The van der Waals surface area contributed by atoms with E-state index >= 15 is 0 Å². The zero-order chi connectivity index (χ0) is 15.4. The highest BCUT2D eigenvalue weighted by molar-refractivity contribution is 5.52. The van der Waals surface area contributed by atoms with Gasteiger partial charge in [0.05, 0.1) is 6.10 Å². The Hall–Kier alpha value is -1.10. The van der Waals surface area contributed by atoms with Gasteiger partial charge in [-0.05, 0) is 24.5 Å². The van der Waals surface area contributed by atoms with Crippen LogP contribution < -0.4 is 4.90 Å². The molecule has 0 N–H and O–H groups in total. The topological polar surface area (TPSA) is 19.0 Å². The van der Waals surface area contributed by atoms with Gasteiger partial charge in [-0.2, -0.15) is 0 Å². The molecule has 2 aliphatic heterocycles. The van der Waals surface area contributed by atoms with Crippen molar-refractivity contribution in [3.63, 3.8) is 0 Å². The van der Waals surface area contributed by atoms with E-state index in [0.29, 0.717) is 6.10 Å². The van der Waals surface area contributed by atoms with Gasteiger partial charge in [0.2, 0.25) is 0 Å². The van der Waals surface area contributed by atoms with E-state index in [4.69, 9.17) is 4.74 Å². The first-order chi connectivity index (χ1) is 10.7. The Morgan fingerprint density at radius 1 is 1.09 bits per heavy atom. The normalized spacial score (nSPS) is 23.8. The van der Waals surface area contributed by atoms with Crippen LogP contribution in [0.15, 0.2) is 24.3 Å². The minimum Gasteiger partial charge on any atom is -0.377 e. The molecule has 122 valence electrons. The lowest BCUT2D eigenvalue weighted by atomic mass is 10.1. The minimum absolute atomic E-state index is 0.487. The van der Waals surface area contributed by atoms with Crippen LogP contribution in [0, 0.1) is 0 Å². The van der Waals surface area contributed by atoms with Crippen molar-refractivity contribution < 1.29 is 4.74 Å². The molecule has 0 spiro atoms. The summed E-state index contributed by atoms with van der Waals surface area (Å²) in [4.78, 5) is 7.36. The van der Waals surface area contributed by atoms with Crippen molar-refractivity contribution in [1.29, 1.82) is 0 Å². The molecule has 4 heteroatoms. The number of anilines is 1. The number of para-hydroxylation sites is 1. The van der Waals surface area contributed by atoms with Gasteiger partial charge in [-0.3, -0.25) is 9.80 Å². The Bertz CT molecular complexity index is 463.